The van der Waals surface area contributed by atoms with Crippen LogP contribution in [0.3, 0.4) is 0 Å². The molecule has 4 nitrogen and oxygen atoms in total. The van der Waals surface area contributed by atoms with Crippen molar-refractivity contribution < 1.29 is 9.21 Å². The van der Waals surface area contributed by atoms with E-state index in [0.717, 1.165) is 48.2 Å². The summed E-state index contributed by atoms with van der Waals surface area (Å²) >= 11 is 6.37. The van der Waals surface area contributed by atoms with Crippen LogP contribution in [0.2, 0.25) is 5.02 Å². The zero-order chi connectivity index (χ0) is 18.8. The van der Waals surface area contributed by atoms with Gasteiger partial charge in [-0.3, -0.25) is 4.79 Å². The molecule has 27 heavy (non-hydrogen) atoms. The monoisotopic (exact) mass is 382 g/mol. The normalized spacial score (nSPS) is 14.3. The van der Waals surface area contributed by atoms with E-state index < -0.39 is 0 Å². The number of carbonyl (C=O) groups excluding carboxylic acids is 1. The number of furan rings is 1. The second kappa shape index (κ2) is 7.75. The summed E-state index contributed by atoms with van der Waals surface area (Å²) in [6.45, 7) is 2.19. The molecule has 1 aliphatic heterocycles. The van der Waals surface area contributed by atoms with E-state index in [0.29, 0.717) is 18.0 Å². The van der Waals surface area contributed by atoms with Crippen LogP contribution in [0.15, 0.2) is 46.9 Å². The second-order valence-electron chi connectivity index (χ2n) is 7.16. The zero-order valence-corrected chi connectivity index (χ0v) is 16.2. The first kappa shape index (κ1) is 18.1. The highest BCUT2D eigenvalue weighted by molar-refractivity contribution is 6.35. The third kappa shape index (κ3) is 3.87. The van der Waals surface area contributed by atoms with Crippen molar-refractivity contribution in [3.8, 4) is 0 Å². The summed E-state index contributed by atoms with van der Waals surface area (Å²) in [7, 11) is 2.11. The van der Waals surface area contributed by atoms with Crippen LogP contribution in [0, 0.1) is 0 Å². The molecule has 5 heteroatoms. The van der Waals surface area contributed by atoms with Crippen LogP contribution in [-0.4, -0.2) is 24.4 Å². The van der Waals surface area contributed by atoms with Gasteiger partial charge in [0.05, 0.1) is 11.6 Å². The molecule has 0 fully saturated rings. The Labute approximate surface area is 164 Å². The fourth-order valence-electron chi connectivity index (χ4n) is 3.70. The van der Waals surface area contributed by atoms with Crippen LogP contribution >= 0.6 is 11.6 Å². The van der Waals surface area contributed by atoms with Gasteiger partial charge in [-0.15, -0.1) is 0 Å². The highest BCUT2D eigenvalue weighted by Crippen LogP contribution is 2.36. The Morgan fingerprint density at radius 1 is 1.22 bits per heavy atom. The van der Waals surface area contributed by atoms with Crippen LogP contribution in [0.5, 0.6) is 0 Å². The van der Waals surface area contributed by atoms with E-state index >= 15 is 0 Å². The summed E-state index contributed by atoms with van der Waals surface area (Å²) in [5.41, 5.74) is 4.32. The molecule has 0 aliphatic carbocycles. The fraction of sp³-hybridized carbons (Fsp3) is 0.318. The van der Waals surface area contributed by atoms with Gasteiger partial charge in [-0.25, -0.2) is 0 Å². The first-order chi connectivity index (χ1) is 13.1. The summed E-state index contributed by atoms with van der Waals surface area (Å²) in [6, 6.07) is 14.0. The predicted molar refractivity (Wildman–Crippen MR) is 108 cm³/mol. The highest BCUT2D eigenvalue weighted by atomic mass is 35.5. The average molecular weight is 383 g/mol. The van der Waals surface area contributed by atoms with Crippen molar-refractivity contribution in [2.75, 3.05) is 13.6 Å². The van der Waals surface area contributed by atoms with E-state index in [-0.39, 0.29) is 5.91 Å². The van der Waals surface area contributed by atoms with Crippen LogP contribution in [0.25, 0.3) is 11.0 Å². The third-order valence-electron chi connectivity index (χ3n) is 5.18. The van der Waals surface area contributed by atoms with Crippen molar-refractivity contribution in [1.29, 1.82) is 0 Å². The predicted octanol–water partition coefficient (Wildman–Crippen LogP) is 4.32. The minimum atomic E-state index is 0.0276. The van der Waals surface area contributed by atoms with Gasteiger partial charge in [0.2, 0.25) is 5.91 Å². The van der Waals surface area contributed by atoms with E-state index in [1.807, 2.05) is 36.4 Å². The van der Waals surface area contributed by atoms with Gasteiger partial charge in [0.25, 0.3) is 0 Å². The number of nitrogens with zero attached hydrogens (tertiary/aromatic N) is 1. The summed E-state index contributed by atoms with van der Waals surface area (Å²) < 4.78 is 6.09. The van der Waals surface area contributed by atoms with Gasteiger partial charge >= 0.3 is 0 Å². The van der Waals surface area contributed by atoms with Gasteiger partial charge in [-0.05, 0) is 37.1 Å². The van der Waals surface area contributed by atoms with Gasteiger partial charge in [0.1, 0.15) is 5.76 Å². The number of amides is 1. The van der Waals surface area contributed by atoms with E-state index in [4.69, 9.17) is 16.0 Å². The summed E-state index contributed by atoms with van der Waals surface area (Å²) in [5, 5.41) is 4.76. The van der Waals surface area contributed by atoms with Crippen molar-refractivity contribution in [2.45, 2.75) is 32.4 Å². The number of hydrogen-bond donors (Lipinski definition) is 1. The number of likely N-dealkylation sites (N-methyl/N-ethyl adjacent to an activating group) is 1. The van der Waals surface area contributed by atoms with Crippen molar-refractivity contribution >= 4 is 28.5 Å². The molecular weight excluding hydrogens is 360 g/mol. The molecule has 0 spiro atoms. The number of hydrogen-bond acceptors (Lipinski definition) is 3. The first-order valence-corrected chi connectivity index (χ1v) is 9.70. The number of benzene rings is 2. The van der Waals surface area contributed by atoms with Gasteiger partial charge in [0, 0.05) is 30.5 Å². The molecule has 1 aromatic heterocycles. The second-order valence-corrected chi connectivity index (χ2v) is 7.57. The molecule has 140 valence electrons. The highest BCUT2D eigenvalue weighted by Gasteiger charge is 2.23. The maximum atomic E-state index is 12.3. The lowest BCUT2D eigenvalue weighted by atomic mass is 10.0. The Balaban J connectivity index is 1.50. The molecule has 0 bridgehead atoms. The quantitative estimate of drug-likeness (QED) is 0.714. The molecule has 2 aromatic carbocycles. The molecule has 0 atom stereocenters. The number of rotatable bonds is 5. The van der Waals surface area contributed by atoms with E-state index in [2.05, 4.69) is 23.3 Å². The maximum Gasteiger partial charge on any atom is 0.220 e. The standard InChI is InChI=1S/C22H23ClN2O2/c1-25-12-11-16-8-9-18(23)22-21(16)17(14-25)19(27-22)13-24-20(26)10-7-15-5-3-2-4-6-15/h2-6,8-9H,7,10-14H2,1H3,(H,24,26). The molecule has 0 unspecified atom stereocenters. The molecule has 3 aromatic rings. The van der Waals surface area contributed by atoms with Crippen molar-refractivity contribution in [3.63, 3.8) is 0 Å². The Kier molecular flexibility index (Phi) is 5.19. The molecule has 1 N–H and O–H groups in total. The number of aryl methyl sites for hydroxylation is 1. The van der Waals surface area contributed by atoms with E-state index in [9.17, 15) is 4.79 Å². The summed E-state index contributed by atoms with van der Waals surface area (Å²) in [5.74, 6) is 0.834. The van der Waals surface area contributed by atoms with Crippen LogP contribution in [0.1, 0.15) is 28.9 Å². The topological polar surface area (TPSA) is 45.5 Å². The third-order valence-corrected chi connectivity index (χ3v) is 5.48. The minimum absolute atomic E-state index is 0.0276. The lowest BCUT2D eigenvalue weighted by Gasteiger charge is -2.13. The number of nitrogens with one attached hydrogen (secondary N) is 1. The number of carbonyl (C=O) groups is 1. The molecule has 2 heterocycles. The molecule has 0 radical (unpaired) electrons. The van der Waals surface area contributed by atoms with Crippen LogP contribution in [-0.2, 0) is 30.7 Å². The van der Waals surface area contributed by atoms with Crippen LogP contribution < -0.4 is 5.32 Å². The number of halogens is 1. The van der Waals surface area contributed by atoms with Gasteiger partial charge in [0.15, 0.2) is 5.58 Å². The summed E-state index contributed by atoms with van der Waals surface area (Å²) in [6.07, 6.45) is 2.17. The average Bonchev–Trinajstić information content (AvgIpc) is 2.95. The van der Waals surface area contributed by atoms with Crippen molar-refractivity contribution in [3.05, 3.63) is 69.9 Å². The molecule has 0 saturated heterocycles. The Bertz CT molecular complexity index is 965. The van der Waals surface area contributed by atoms with Gasteiger partial charge < -0.3 is 14.6 Å². The van der Waals surface area contributed by atoms with Crippen LogP contribution in [0.4, 0.5) is 0 Å². The van der Waals surface area contributed by atoms with Gasteiger partial charge in [-0.2, -0.15) is 0 Å². The minimum Gasteiger partial charge on any atom is -0.457 e. The summed E-state index contributed by atoms with van der Waals surface area (Å²) in [4.78, 5) is 14.6. The maximum absolute atomic E-state index is 12.3. The molecule has 0 saturated carbocycles. The molecule has 1 aliphatic rings. The Hall–Kier alpha value is -2.30. The SMILES string of the molecule is CN1CCc2ccc(Cl)c3oc(CNC(=O)CCc4ccccc4)c(c23)C1. The fourth-order valence-corrected chi connectivity index (χ4v) is 3.90. The van der Waals surface area contributed by atoms with Crippen molar-refractivity contribution in [2.24, 2.45) is 0 Å². The smallest absolute Gasteiger partial charge is 0.220 e. The van der Waals surface area contributed by atoms with Crippen molar-refractivity contribution in [1.82, 2.24) is 10.2 Å². The zero-order valence-electron chi connectivity index (χ0n) is 15.4. The Morgan fingerprint density at radius 3 is 2.85 bits per heavy atom. The molecule has 1 amide bonds. The molecular formula is C22H23ClN2O2. The first-order valence-electron chi connectivity index (χ1n) is 9.32. The van der Waals surface area contributed by atoms with E-state index in [1.54, 1.807) is 0 Å². The lowest BCUT2D eigenvalue weighted by molar-refractivity contribution is -0.121. The van der Waals surface area contributed by atoms with E-state index in [1.165, 1.54) is 11.1 Å². The Morgan fingerprint density at radius 2 is 2.04 bits per heavy atom. The largest absolute Gasteiger partial charge is 0.457 e. The van der Waals surface area contributed by atoms with Gasteiger partial charge in [-0.1, -0.05) is 48.0 Å². The molecule has 4 rings (SSSR count). The lowest BCUT2D eigenvalue weighted by Crippen LogP contribution is -2.24.